The van der Waals surface area contributed by atoms with E-state index in [1.807, 2.05) is 24.1 Å². The second-order valence-corrected chi connectivity index (χ2v) is 3.97. The molecule has 0 aromatic heterocycles. The monoisotopic (exact) mass is 249 g/mol. The number of aliphatic carboxylic acids is 1. The Bertz CT molecular complexity index is 441. The van der Waals surface area contributed by atoms with Crippen LogP contribution in [0.4, 0.5) is 5.69 Å². The standard InChI is InChI=1S/C14H19NO3/c1-4-11-10-12(7-8-13(11)18-3)15(2)9-5-6-14(16)17/h5-8,10H,4,9H2,1-3H3,(H,16,17)/b6-5+. The van der Waals surface area contributed by atoms with Crippen LogP contribution < -0.4 is 9.64 Å². The summed E-state index contributed by atoms with van der Waals surface area (Å²) in [5, 5.41) is 8.53. The van der Waals surface area contributed by atoms with Crippen molar-refractivity contribution in [3.8, 4) is 5.75 Å². The van der Waals surface area contributed by atoms with E-state index < -0.39 is 5.97 Å². The Morgan fingerprint density at radius 2 is 2.22 bits per heavy atom. The molecule has 0 atom stereocenters. The first-order valence-corrected chi connectivity index (χ1v) is 5.86. The summed E-state index contributed by atoms with van der Waals surface area (Å²) in [4.78, 5) is 12.4. The number of likely N-dealkylation sites (N-methyl/N-ethyl adjacent to an activating group) is 1. The van der Waals surface area contributed by atoms with Crippen LogP contribution in [0.1, 0.15) is 12.5 Å². The van der Waals surface area contributed by atoms with Crippen LogP contribution in [-0.4, -0.2) is 31.8 Å². The molecule has 4 nitrogen and oxygen atoms in total. The molecule has 0 aliphatic carbocycles. The molecule has 0 radical (unpaired) electrons. The van der Waals surface area contributed by atoms with E-state index in [1.54, 1.807) is 13.2 Å². The molecule has 0 saturated carbocycles. The summed E-state index contributed by atoms with van der Waals surface area (Å²) in [5.41, 5.74) is 2.19. The van der Waals surface area contributed by atoms with Gasteiger partial charge in [-0.3, -0.25) is 0 Å². The van der Waals surface area contributed by atoms with E-state index in [0.29, 0.717) is 6.54 Å². The summed E-state index contributed by atoms with van der Waals surface area (Å²) in [6, 6.07) is 5.96. The van der Waals surface area contributed by atoms with E-state index >= 15 is 0 Å². The second-order valence-electron chi connectivity index (χ2n) is 3.97. The smallest absolute Gasteiger partial charge is 0.328 e. The van der Waals surface area contributed by atoms with Gasteiger partial charge in [0.05, 0.1) is 7.11 Å². The Labute approximate surface area is 107 Å². The molecule has 1 aromatic carbocycles. The third-order valence-corrected chi connectivity index (χ3v) is 2.73. The van der Waals surface area contributed by atoms with Gasteiger partial charge in [0.2, 0.25) is 0 Å². The van der Waals surface area contributed by atoms with Gasteiger partial charge < -0.3 is 14.7 Å². The Kier molecular flexibility index (Phi) is 5.24. The quantitative estimate of drug-likeness (QED) is 0.786. The lowest BCUT2D eigenvalue weighted by Gasteiger charge is -2.19. The van der Waals surface area contributed by atoms with E-state index in [1.165, 1.54) is 0 Å². The summed E-state index contributed by atoms with van der Waals surface area (Å²) in [7, 11) is 3.58. The molecule has 98 valence electrons. The van der Waals surface area contributed by atoms with Crippen molar-refractivity contribution < 1.29 is 14.6 Å². The Morgan fingerprint density at radius 1 is 1.50 bits per heavy atom. The van der Waals surface area contributed by atoms with Crippen LogP contribution in [0.2, 0.25) is 0 Å². The largest absolute Gasteiger partial charge is 0.496 e. The van der Waals surface area contributed by atoms with Crippen molar-refractivity contribution in [2.24, 2.45) is 0 Å². The molecule has 0 bridgehead atoms. The molecule has 1 N–H and O–H groups in total. The van der Waals surface area contributed by atoms with Crippen molar-refractivity contribution in [3.63, 3.8) is 0 Å². The van der Waals surface area contributed by atoms with Crippen LogP contribution >= 0.6 is 0 Å². The maximum Gasteiger partial charge on any atom is 0.328 e. The number of carboxylic acid groups (broad SMARTS) is 1. The Balaban J connectivity index is 2.80. The van der Waals surface area contributed by atoms with Crippen molar-refractivity contribution in [1.82, 2.24) is 0 Å². The van der Waals surface area contributed by atoms with Crippen molar-refractivity contribution in [2.45, 2.75) is 13.3 Å². The fourth-order valence-electron chi connectivity index (χ4n) is 1.70. The molecule has 1 aromatic rings. The second kappa shape index (κ2) is 6.69. The summed E-state index contributed by atoms with van der Waals surface area (Å²) in [5.74, 6) is -0.0388. The molecule has 1 rings (SSSR count). The Morgan fingerprint density at radius 3 is 2.78 bits per heavy atom. The molecule has 0 aliphatic heterocycles. The number of anilines is 1. The summed E-state index contributed by atoms with van der Waals surface area (Å²) in [6.45, 7) is 2.63. The van der Waals surface area contributed by atoms with E-state index in [-0.39, 0.29) is 0 Å². The predicted octanol–water partition coefficient (Wildman–Crippen LogP) is 2.33. The summed E-state index contributed by atoms with van der Waals surface area (Å²) < 4.78 is 5.27. The molecule has 0 amide bonds. The molecular weight excluding hydrogens is 230 g/mol. The van der Waals surface area contributed by atoms with Crippen LogP contribution in [-0.2, 0) is 11.2 Å². The van der Waals surface area contributed by atoms with Crippen molar-refractivity contribution >= 4 is 11.7 Å². The number of ether oxygens (including phenoxy) is 1. The van der Waals surface area contributed by atoms with Gasteiger partial charge in [-0.1, -0.05) is 13.0 Å². The van der Waals surface area contributed by atoms with Crippen LogP contribution in [0, 0.1) is 0 Å². The molecule has 0 aliphatic rings. The summed E-state index contributed by atoms with van der Waals surface area (Å²) in [6.07, 6.45) is 3.68. The zero-order valence-electron chi connectivity index (χ0n) is 11.0. The zero-order chi connectivity index (χ0) is 13.5. The fraction of sp³-hybridized carbons (Fsp3) is 0.357. The van der Waals surface area contributed by atoms with E-state index in [4.69, 9.17) is 9.84 Å². The highest BCUT2D eigenvalue weighted by atomic mass is 16.5. The number of methoxy groups -OCH3 is 1. The average Bonchev–Trinajstić information content (AvgIpc) is 2.37. The zero-order valence-corrected chi connectivity index (χ0v) is 11.0. The topological polar surface area (TPSA) is 49.8 Å². The highest BCUT2D eigenvalue weighted by molar-refractivity contribution is 5.79. The lowest BCUT2D eigenvalue weighted by atomic mass is 10.1. The van der Waals surface area contributed by atoms with Crippen LogP contribution in [0.15, 0.2) is 30.4 Å². The lowest BCUT2D eigenvalue weighted by Crippen LogP contribution is -2.17. The number of carboxylic acids is 1. The molecule has 0 heterocycles. The van der Waals surface area contributed by atoms with E-state index in [2.05, 4.69) is 13.0 Å². The number of nitrogens with zero attached hydrogens (tertiary/aromatic N) is 1. The van der Waals surface area contributed by atoms with E-state index in [9.17, 15) is 4.79 Å². The van der Waals surface area contributed by atoms with Crippen LogP contribution in [0.25, 0.3) is 0 Å². The summed E-state index contributed by atoms with van der Waals surface area (Å²) >= 11 is 0. The van der Waals surface area contributed by atoms with Gasteiger partial charge in [0.1, 0.15) is 5.75 Å². The fourth-order valence-corrected chi connectivity index (χ4v) is 1.70. The van der Waals surface area contributed by atoms with Gasteiger partial charge in [0.25, 0.3) is 0 Å². The average molecular weight is 249 g/mol. The Hall–Kier alpha value is -1.97. The van der Waals surface area contributed by atoms with Gasteiger partial charge in [-0.25, -0.2) is 4.79 Å². The minimum Gasteiger partial charge on any atom is -0.496 e. The highest BCUT2D eigenvalue weighted by Gasteiger charge is 2.05. The first-order valence-electron chi connectivity index (χ1n) is 5.86. The maximum absolute atomic E-state index is 10.4. The number of carbonyl (C=O) groups is 1. The normalized spacial score (nSPS) is 10.6. The molecule has 0 saturated heterocycles. The number of hydrogen-bond donors (Lipinski definition) is 1. The first-order chi connectivity index (χ1) is 8.58. The predicted molar refractivity (Wildman–Crippen MR) is 72.4 cm³/mol. The molecule has 0 spiro atoms. The van der Waals surface area contributed by atoms with Gasteiger partial charge >= 0.3 is 5.97 Å². The van der Waals surface area contributed by atoms with E-state index in [0.717, 1.165) is 29.5 Å². The molecule has 18 heavy (non-hydrogen) atoms. The number of rotatable bonds is 6. The molecular formula is C14H19NO3. The molecule has 0 fully saturated rings. The first kappa shape index (κ1) is 14.1. The number of hydrogen-bond acceptors (Lipinski definition) is 3. The van der Waals surface area contributed by atoms with Crippen molar-refractivity contribution in [1.29, 1.82) is 0 Å². The van der Waals surface area contributed by atoms with Gasteiger partial charge in [-0.15, -0.1) is 0 Å². The maximum atomic E-state index is 10.4. The highest BCUT2D eigenvalue weighted by Crippen LogP contribution is 2.24. The minimum absolute atomic E-state index is 0.557. The van der Waals surface area contributed by atoms with Gasteiger partial charge in [0.15, 0.2) is 0 Å². The van der Waals surface area contributed by atoms with Crippen LogP contribution in [0.5, 0.6) is 5.75 Å². The van der Waals surface area contributed by atoms with Crippen molar-refractivity contribution in [3.05, 3.63) is 35.9 Å². The third-order valence-electron chi connectivity index (χ3n) is 2.73. The van der Waals surface area contributed by atoms with Gasteiger partial charge in [-0.2, -0.15) is 0 Å². The van der Waals surface area contributed by atoms with Crippen LogP contribution in [0.3, 0.4) is 0 Å². The molecule has 4 heteroatoms. The minimum atomic E-state index is -0.924. The lowest BCUT2D eigenvalue weighted by molar-refractivity contribution is -0.131. The van der Waals surface area contributed by atoms with Crippen molar-refractivity contribution in [2.75, 3.05) is 25.6 Å². The number of aryl methyl sites for hydroxylation is 1. The van der Waals surface area contributed by atoms with Gasteiger partial charge in [0, 0.05) is 25.4 Å². The third kappa shape index (κ3) is 3.80. The van der Waals surface area contributed by atoms with Gasteiger partial charge in [-0.05, 0) is 30.2 Å². The number of benzene rings is 1. The molecule has 0 unspecified atom stereocenters. The SMILES string of the molecule is CCc1cc(N(C)C/C=C/C(=O)O)ccc1OC.